The second-order valence-electron chi connectivity index (χ2n) is 6.20. The van der Waals surface area contributed by atoms with Crippen molar-refractivity contribution in [3.8, 4) is 11.4 Å². The van der Waals surface area contributed by atoms with Gasteiger partial charge >= 0.3 is 0 Å². The topological polar surface area (TPSA) is 81.4 Å². The van der Waals surface area contributed by atoms with E-state index in [1.165, 1.54) is 12.1 Å². The quantitative estimate of drug-likeness (QED) is 0.458. The molecule has 2 aromatic rings. The standard InChI is InChI=1S/C17H19ClN4O3/c1-11-3-8-14(25-11)10-21(2)16-9-15(18)19-17(20-16)12-4-6-13(7-5-12)22(23)24/h4-7,9,11,14H,3,8,10H2,1-2H3. The maximum Gasteiger partial charge on any atom is 0.269 e. The number of likely N-dealkylation sites (N-methyl/N-ethyl adjacent to an activating group) is 1. The predicted octanol–water partition coefficient (Wildman–Crippen LogP) is 3.71. The van der Waals surface area contributed by atoms with Crippen LogP contribution in [0.1, 0.15) is 19.8 Å². The first-order chi connectivity index (χ1) is 11.9. The Kier molecular flexibility index (Phi) is 5.15. The average Bonchev–Trinajstić information content (AvgIpc) is 2.99. The van der Waals surface area contributed by atoms with Crippen LogP contribution in [-0.4, -0.2) is 40.7 Å². The summed E-state index contributed by atoms with van der Waals surface area (Å²) >= 11 is 6.15. The molecule has 2 unspecified atom stereocenters. The second-order valence-corrected chi connectivity index (χ2v) is 6.59. The van der Waals surface area contributed by atoms with Crippen LogP contribution in [0.4, 0.5) is 11.5 Å². The summed E-state index contributed by atoms with van der Waals surface area (Å²) in [4.78, 5) is 21.1. The highest BCUT2D eigenvalue weighted by atomic mass is 35.5. The molecule has 0 aliphatic carbocycles. The molecule has 1 aliphatic rings. The summed E-state index contributed by atoms with van der Waals surface area (Å²) in [5.74, 6) is 1.13. The number of rotatable bonds is 5. The van der Waals surface area contributed by atoms with Crippen LogP contribution < -0.4 is 4.90 Å². The first kappa shape index (κ1) is 17.6. The van der Waals surface area contributed by atoms with Crippen molar-refractivity contribution in [3.05, 3.63) is 45.6 Å². The van der Waals surface area contributed by atoms with E-state index in [4.69, 9.17) is 16.3 Å². The average molecular weight is 363 g/mol. The first-order valence-corrected chi connectivity index (χ1v) is 8.46. The highest BCUT2D eigenvalue weighted by Crippen LogP contribution is 2.25. The molecule has 1 saturated heterocycles. The van der Waals surface area contributed by atoms with Crippen LogP contribution in [0.15, 0.2) is 30.3 Å². The Labute approximate surface area is 150 Å². The zero-order valence-corrected chi connectivity index (χ0v) is 14.8. The number of hydrogen-bond donors (Lipinski definition) is 0. The van der Waals surface area contributed by atoms with Gasteiger partial charge in [0.15, 0.2) is 5.82 Å². The van der Waals surface area contributed by atoms with Gasteiger partial charge in [0.05, 0.1) is 17.1 Å². The van der Waals surface area contributed by atoms with Gasteiger partial charge in [0, 0.05) is 37.4 Å². The molecule has 0 amide bonds. The first-order valence-electron chi connectivity index (χ1n) is 8.08. The minimum Gasteiger partial charge on any atom is -0.373 e. The summed E-state index contributed by atoms with van der Waals surface area (Å²) in [5.41, 5.74) is 0.698. The molecule has 25 heavy (non-hydrogen) atoms. The predicted molar refractivity (Wildman–Crippen MR) is 96.0 cm³/mol. The second kappa shape index (κ2) is 7.33. The lowest BCUT2D eigenvalue weighted by Gasteiger charge is -2.22. The Morgan fingerprint density at radius 2 is 2.04 bits per heavy atom. The molecule has 0 spiro atoms. The summed E-state index contributed by atoms with van der Waals surface area (Å²) in [7, 11) is 1.94. The Balaban J connectivity index is 1.81. The minimum atomic E-state index is -0.440. The van der Waals surface area contributed by atoms with Crippen molar-refractivity contribution in [2.75, 3.05) is 18.5 Å². The lowest BCUT2D eigenvalue weighted by molar-refractivity contribution is -0.384. The van der Waals surface area contributed by atoms with E-state index in [-0.39, 0.29) is 11.8 Å². The van der Waals surface area contributed by atoms with E-state index in [1.54, 1.807) is 18.2 Å². The number of ether oxygens (including phenoxy) is 1. The summed E-state index contributed by atoms with van der Waals surface area (Å²) in [6.07, 6.45) is 2.57. The lowest BCUT2D eigenvalue weighted by atomic mass is 10.2. The third kappa shape index (κ3) is 4.24. The molecule has 2 heterocycles. The number of halogens is 1. The normalized spacial score (nSPS) is 19.8. The van der Waals surface area contributed by atoms with Crippen LogP contribution in [0.3, 0.4) is 0 Å². The summed E-state index contributed by atoms with van der Waals surface area (Å²) < 4.78 is 5.85. The van der Waals surface area contributed by atoms with E-state index in [0.29, 0.717) is 28.5 Å². The van der Waals surface area contributed by atoms with E-state index >= 15 is 0 Å². The fourth-order valence-electron chi connectivity index (χ4n) is 2.88. The molecule has 0 saturated carbocycles. The number of hydrogen-bond acceptors (Lipinski definition) is 6. The summed E-state index contributed by atoms with van der Waals surface area (Å²) in [5, 5.41) is 11.1. The van der Waals surface area contributed by atoms with Crippen molar-refractivity contribution < 1.29 is 9.66 Å². The number of benzene rings is 1. The molecular weight excluding hydrogens is 344 g/mol. The monoisotopic (exact) mass is 362 g/mol. The fraction of sp³-hybridized carbons (Fsp3) is 0.412. The van der Waals surface area contributed by atoms with Crippen LogP contribution >= 0.6 is 11.6 Å². The van der Waals surface area contributed by atoms with Gasteiger partial charge in [0.2, 0.25) is 0 Å². The van der Waals surface area contributed by atoms with Gasteiger partial charge in [-0.2, -0.15) is 0 Å². The smallest absolute Gasteiger partial charge is 0.269 e. The third-order valence-electron chi connectivity index (χ3n) is 4.21. The number of nitro benzene ring substituents is 1. The van der Waals surface area contributed by atoms with Crippen LogP contribution in [0.25, 0.3) is 11.4 Å². The molecule has 0 bridgehead atoms. The molecule has 2 atom stereocenters. The lowest BCUT2D eigenvalue weighted by Crippen LogP contribution is -2.29. The van der Waals surface area contributed by atoms with Crippen molar-refractivity contribution in [1.82, 2.24) is 9.97 Å². The molecule has 1 aromatic carbocycles. The van der Waals surface area contributed by atoms with Gasteiger partial charge in [-0.3, -0.25) is 10.1 Å². The zero-order chi connectivity index (χ0) is 18.0. The molecular formula is C17H19ClN4O3. The molecule has 132 valence electrons. The maximum atomic E-state index is 10.8. The Bertz CT molecular complexity index is 769. The molecule has 8 heteroatoms. The molecule has 1 aromatic heterocycles. The third-order valence-corrected chi connectivity index (χ3v) is 4.40. The number of non-ortho nitro benzene ring substituents is 1. The number of nitro groups is 1. The van der Waals surface area contributed by atoms with Gasteiger partial charge in [-0.25, -0.2) is 9.97 Å². The van der Waals surface area contributed by atoms with Crippen LogP contribution in [0.2, 0.25) is 5.15 Å². The van der Waals surface area contributed by atoms with Crippen molar-refractivity contribution in [2.24, 2.45) is 0 Å². The molecule has 1 fully saturated rings. The van der Waals surface area contributed by atoms with Crippen molar-refractivity contribution in [2.45, 2.75) is 32.0 Å². The van der Waals surface area contributed by atoms with Gasteiger partial charge in [0.25, 0.3) is 5.69 Å². The van der Waals surface area contributed by atoms with Crippen molar-refractivity contribution in [3.63, 3.8) is 0 Å². The Hall–Kier alpha value is -2.25. The van der Waals surface area contributed by atoms with E-state index < -0.39 is 4.92 Å². The molecule has 0 N–H and O–H groups in total. The number of aromatic nitrogens is 2. The van der Waals surface area contributed by atoms with Gasteiger partial charge in [-0.15, -0.1) is 0 Å². The highest BCUT2D eigenvalue weighted by Gasteiger charge is 2.23. The maximum absolute atomic E-state index is 10.8. The van der Waals surface area contributed by atoms with Crippen molar-refractivity contribution >= 4 is 23.1 Å². The molecule has 1 aliphatic heterocycles. The summed E-state index contributed by atoms with van der Waals surface area (Å²) in [6, 6.07) is 7.80. The van der Waals surface area contributed by atoms with Gasteiger partial charge in [-0.1, -0.05) is 11.6 Å². The van der Waals surface area contributed by atoms with E-state index in [1.807, 2.05) is 11.9 Å². The largest absolute Gasteiger partial charge is 0.373 e. The zero-order valence-electron chi connectivity index (χ0n) is 14.1. The highest BCUT2D eigenvalue weighted by molar-refractivity contribution is 6.29. The summed E-state index contributed by atoms with van der Waals surface area (Å²) in [6.45, 7) is 2.80. The van der Waals surface area contributed by atoms with Gasteiger partial charge < -0.3 is 9.64 Å². The van der Waals surface area contributed by atoms with Crippen molar-refractivity contribution in [1.29, 1.82) is 0 Å². The van der Waals surface area contributed by atoms with E-state index in [9.17, 15) is 10.1 Å². The minimum absolute atomic E-state index is 0.0237. The molecule has 3 rings (SSSR count). The van der Waals surface area contributed by atoms with E-state index in [0.717, 1.165) is 19.4 Å². The van der Waals surface area contributed by atoms with Crippen LogP contribution in [-0.2, 0) is 4.74 Å². The fourth-order valence-corrected chi connectivity index (χ4v) is 3.06. The Morgan fingerprint density at radius 1 is 1.32 bits per heavy atom. The van der Waals surface area contributed by atoms with Crippen LogP contribution in [0, 0.1) is 10.1 Å². The number of anilines is 1. The van der Waals surface area contributed by atoms with Crippen LogP contribution in [0.5, 0.6) is 0 Å². The Morgan fingerprint density at radius 3 is 2.64 bits per heavy atom. The van der Waals surface area contributed by atoms with Gasteiger partial charge in [-0.05, 0) is 31.9 Å². The molecule has 0 radical (unpaired) electrons. The SMILES string of the molecule is CC1CCC(CN(C)c2cc(Cl)nc(-c3ccc([N+](=O)[O-])cc3)n2)O1. The van der Waals surface area contributed by atoms with Gasteiger partial charge in [0.1, 0.15) is 11.0 Å². The molecule has 7 nitrogen and oxygen atoms in total. The van der Waals surface area contributed by atoms with E-state index in [2.05, 4.69) is 16.9 Å². The number of nitrogens with zero attached hydrogens (tertiary/aromatic N) is 4.